The molecule has 1 saturated heterocycles. The van der Waals surface area contributed by atoms with E-state index in [0.29, 0.717) is 23.7 Å². The van der Waals surface area contributed by atoms with Crippen LogP contribution in [0.3, 0.4) is 0 Å². The molecule has 1 aliphatic heterocycles. The van der Waals surface area contributed by atoms with Crippen molar-refractivity contribution in [1.82, 2.24) is 4.31 Å². The predicted molar refractivity (Wildman–Crippen MR) is 102 cm³/mol. The van der Waals surface area contributed by atoms with Crippen molar-refractivity contribution in [3.05, 3.63) is 51.4 Å². The van der Waals surface area contributed by atoms with Gasteiger partial charge in [-0.25, -0.2) is 8.42 Å². The number of benzene rings is 1. The van der Waals surface area contributed by atoms with E-state index in [2.05, 4.69) is 4.99 Å². The second-order valence-corrected chi connectivity index (χ2v) is 9.04. The lowest BCUT2D eigenvalue weighted by Gasteiger charge is -2.19. The SMILES string of the molecule is O=[N+]([O-])c1ccc(C=Nc2ccc(S(=O)(=O)N3CCCCCC3)cc2)s1. The Morgan fingerprint density at radius 1 is 1.04 bits per heavy atom. The summed E-state index contributed by atoms with van der Waals surface area (Å²) in [6.45, 7) is 1.14. The van der Waals surface area contributed by atoms with Crippen molar-refractivity contribution in [1.29, 1.82) is 0 Å². The Morgan fingerprint density at radius 3 is 2.27 bits per heavy atom. The Morgan fingerprint density at radius 2 is 1.69 bits per heavy atom. The number of nitro groups is 1. The lowest BCUT2D eigenvalue weighted by Crippen LogP contribution is -2.31. The highest BCUT2D eigenvalue weighted by Gasteiger charge is 2.24. The molecule has 0 unspecified atom stereocenters. The highest BCUT2D eigenvalue weighted by Crippen LogP contribution is 2.25. The molecule has 7 nitrogen and oxygen atoms in total. The third-order valence-corrected chi connectivity index (χ3v) is 7.06. The molecule has 1 aromatic heterocycles. The smallest absolute Gasteiger partial charge is 0.258 e. The molecular weight excluding hydrogens is 374 g/mol. The van der Waals surface area contributed by atoms with Crippen LogP contribution in [-0.2, 0) is 10.0 Å². The van der Waals surface area contributed by atoms with Crippen LogP contribution in [0, 0.1) is 10.1 Å². The molecule has 138 valence electrons. The van der Waals surface area contributed by atoms with Crippen molar-refractivity contribution < 1.29 is 13.3 Å². The molecule has 1 aliphatic rings. The molecule has 0 radical (unpaired) electrons. The third kappa shape index (κ3) is 4.35. The maximum atomic E-state index is 12.7. The summed E-state index contributed by atoms with van der Waals surface area (Å²) >= 11 is 1.04. The van der Waals surface area contributed by atoms with Gasteiger partial charge in [0.25, 0.3) is 0 Å². The summed E-state index contributed by atoms with van der Waals surface area (Å²) < 4.78 is 27.0. The molecular formula is C17H19N3O4S2. The fraction of sp³-hybridized carbons (Fsp3) is 0.353. The number of rotatable bonds is 5. The van der Waals surface area contributed by atoms with Crippen LogP contribution in [0.2, 0.25) is 0 Å². The molecule has 0 N–H and O–H groups in total. The minimum Gasteiger partial charge on any atom is -0.258 e. The van der Waals surface area contributed by atoms with Crippen molar-refractivity contribution in [3.8, 4) is 0 Å². The Bertz CT molecular complexity index is 896. The number of sulfonamides is 1. The van der Waals surface area contributed by atoms with E-state index in [1.54, 1.807) is 34.6 Å². The van der Waals surface area contributed by atoms with E-state index in [0.717, 1.165) is 37.0 Å². The Labute approximate surface area is 156 Å². The van der Waals surface area contributed by atoms with Crippen LogP contribution in [0.25, 0.3) is 0 Å². The fourth-order valence-corrected chi connectivity index (χ4v) is 4.99. The normalized spacial score (nSPS) is 16.6. The van der Waals surface area contributed by atoms with E-state index in [-0.39, 0.29) is 9.90 Å². The molecule has 3 rings (SSSR count). The minimum atomic E-state index is -3.47. The van der Waals surface area contributed by atoms with Gasteiger partial charge < -0.3 is 0 Å². The van der Waals surface area contributed by atoms with Gasteiger partial charge in [-0.05, 0) is 43.2 Å². The summed E-state index contributed by atoms with van der Waals surface area (Å²) in [7, 11) is -3.47. The first-order chi connectivity index (χ1) is 12.5. The van der Waals surface area contributed by atoms with E-state index in [9.17, 15) is 18.5 Å². The average Bonchev–Trinajstić information content (AvgIpc) is 2.93. The van der Waals surface area contributed by atoms with Crippen LogP contribution in [0.4, 0.5) is 10.7 Å². The molecule has 1 aromatic carbocycles. The van der Waals surface area contributed by atoms with Crippen LogP contribution < -0.4 is 0 Å². The van der Waals surface area contributed by atoms with Gasteiger partial charge in [0.15, 0.2) is 0 Å². The summed E-state index contributed by atoms with van der Waals surface area (Å²) in [4.78, 5) is 15.4. The average molecular weight is 393 g/mol. The minimum absolute atomic E-state index is 0.0605. The molecule has 0 amide bonds. The predicted octanol–water partition coefficient (Wildman–Crippen LogP) is 3.97. The molecule has 9 heteroatoms. The third-order valence-electron chi connectivity index (χ3n) is 4.17. The largest absolute Gasteiger partial charge is 0.324 e. The van der Waals surface area contributed by atoms with Gasteiger partial charge in [-0.2, -0.15) is 4.31 Å². The molecule has 0 spiro atoms. The molecule has 2 heterocycles. The zero-order chi connectivity index (χ0) is 18.6. The maximum absolute atomic E-state index is 12.7. The molecule has 0 atom stereocenters. The summed E-state index contributed by atoms with van der Waals surface area (Å²) in [5.41, 5.74) is 0.593. The van der Waals surface area contributed by atoms with E-state index in [1.165, 1.54) is 12.3 Å². The standard InChI is InChI=1S/C17H19N3O4S2/c21-20(22)17-10-7-15(25-17)13-18-14-5-8-16(9-6-14)26(23,24)19-11-3-1-2-4-12-19/h5-10,13H,1-4,11-12H2. The molecule has 1 fully saturated rings. The van der Waals surface area contributed by atoms with Gasteiger partial charge in [0.1, 0.15) is 0 Å². The van der Waals surface area contributed by atoms with Crippen LogP contribution in [0.5, 0.6) is 0 Å². The van der Waals surface area contributed by atoms with Gasteiger partial charge in [-0.15, -0.1) is 0 Å². The molecule has 2 aromatic rings. The molecule has 0 bridgehead atoms. The summed E-state index contributed by atoms with van der Waals surface area (Å²) in [6, 6.07) is 9.47. The topological polar surface area (TPSA) is 92.9 Å². The van der Waals surface area contributed by atoms with Crippen molar-refractivity contribution in [2.75, 3.05) is 13.1 Å². The second-order valence-electron chi connectivity index (χ2n) is 6.00. The van der Waals surface area contributed by atoms with E-state index in [4.69, 9.17) is 0 Å². The van der Waals surface area contributed by atoms with Gasteiger partial charge in [-0.1, -0.05) is 24.2 Å². The molecule has 0 saturated carbocycles. The summed E-state index contributed by atoms with van der Waals surface area (Å²) in [6.07, 6.45) is 5.47. The van der Waals surface area contributed by atoms with E-state index < -0.39 is 14.9 Å². The second kappa shape index (κ2) is 8.07. The number of thiophene rings is 1. The number of hydrogen-bond acceptors (Lipinski definition) is 6. The number of nitrogens with zero attached hydrogens (tertiary/aromatic N) is 3. The summed E-state index contributed by atoms with van der Waals surface area (Å²) in [5.74, 6) is 0. The van der Waals surface area contributed by atoms with Crippen molar-refractivity contribution >= 4 is 38.3 Å². The van der Waals surface area contributed by atoms with Crippen LogP contribution in [0.15, 0.2) is 46.3 Å². The van der Waals surface area contributed by atoms with Gasteiger partial charge in [0.2, 0.25) is 10.0 Å². The van der Waals surface area contributed by atoms with Crippen LogP contribution in [-0.4, -0.2) is 37.0 Å². The Balaban J connectivity index is 1.73. The van der Waals surface area contributed by atoms with Gasteiger partial charge in [0.05, 0.1) is 20.4 Å². The lowest BCUT2D eigenvalue weighted by molar-refractivity contribution is -0.380. The van der Waals surface area contributed by atoms with Crippen molar-refractivity contribution in [2.24, 2.45) is 4.99 Å². The van der Waals surface area contributed by atoms with E-state index in [1.807, 2.05) is 0 Å². The highest BCUT2D eigenvalue weighted by atomic mass is 32.2. The zero-order valence-electron chi connectivity index (χ0n) is 14.1. The summed E-state index contributed by atoms with van der Waals surface area (Å²) in [5, 5.41) is 10.7. The monoisotopic (exact) mass is 393 g/mol. The molecule has 0 aliphatic carbocycles. The molecule has 26 heavy (non-hydrogen) atoms. The number of hydrogen-bond donors (Lipinski definition) is 0. The first kappa shape index (κ1) is 18.7. The van der Waals surface area contributed by atoms with Crippen LogP contribution in [0.1, 0.15) is 30.6 Å². The first-order valence-corrected chi connectivity index (χ1v) is 10.6. The lowest BCUT2D eigenvalue weighted by atomic mass is 10.2. The van der Waals surface area contributed by atoms with Gasteiger partial charge in [0, 0.05) is 25.4 Å². The highest BCUT2D eigenvalue weighted by molar-refractivity contribution is 7.89. The Hall–Kier alpha value is -2.10. The Kier molecular flexibility index (Phi) is 5.80. The van der Waals surface area contributed by atoms with Gasteiger partial charge in [-0.3, -0.25) is 15.1 Å². The fourth-order valence-electron chi connectivity index (χ4n) is 2.78. The first-order valence-electron chi connectivity index (χ1n) is 8.35. The van der Waals surface area contributed by atoms with Crippen molar-refractivity contribution in [2.45, 2.75) is 30.6 Å². The van der Waals surface area contributed by atoms with Gasteiger partial charge >= 0.3 is 5.00 Å². The van der Waals surface area contributed by atoms with Crippen LogP contribution >= 0.6 is 11.3 Å². The zero-order valence-corrected chi connectivity index (χ0v) is 15.7. The number of aliphatic imine (C=N–C) groups is 1. The maximum Gasteiger partial charge on any atom is 0.324 e. The van der Waals surface area contributed by atoms with Crippen molar-refractivity contribution in [3.63, 3.8) is 0 Å². The van der Waals surface area contributed by atoms with E-state index >= 15 is 0 Å². The quantitative estimate of drug-likeness (QED) is 0.436.